The largest absolute Gasteiger partial charge is 0.462 e. The number of likely N-dealkylation sites (N-methyl/N-ethyl adjacent to an activating group) is 1. The van der Waals surface area contributed by atoms with Crippen LogP contribution in [0.3, 0.4) is 0 Å². The van der Waals surface area contributed by atoms with Gasteiger partial charge >= 0.3 is 6.01 Å². The molecule has 1 unspecified atom stereocenters. The summed E-state index contributed by atoms with van der Waals surface area (Å²) in [6.45, 7) is 7.98. The third-order valence-electron chi connectivity index (χ3n) is 9.15. The Labute approximate surface area is 250 Å². The van der Waals surface area contributed by atoms with Gasteiger partial charge in [-0.05, 0) is 74.0 Å². The second-order valence-corrected chi connectivity index (χ2v) is 12.0. The number of nitrogens with zero attached hydrogens (tertiary/aromatic N) is 6. The van der Waals surface area contributed by atoms with Crippen molar-refractivity contribution >= 4 is 22.6 Å². The highest BCUT2D eigenvalue weighted by Crippen LogP contribution is 2.41. The molecule has 6 rings (SSSR count). The number of aromatic nitrogens is 2. The molecule has 0 radical (unpaired) electrons. The Morgan fingerprint density at radius 1 is 1.21 bits per heavy atom. The van der Waals surface area contributed by atoms with E-state index in [0.29, 0.717) is 37.0 Å². The highest BCUT2D eigenvalue weighted by molar-refractivity contribution is 5.94. The molecule has 8 nitrogen and oxygen atoms in total. The Hall–Kier alpha value is -4.10. The van der Waals surface area contributed by atoms with Crippen molar-refractivity contribution in [1.82, 2.24) is 19.8 Å². The number of carbonyl (C=O) groups is 1. The number of amides is 1. The van der Waals surface area contributed by atoms with Gasteiger partial charge in [0.05, 0.1) is 24.1 Å². The van der Waals surface area contributed by atoms with Crippen molar-refractivity contribution in [2.75, 3.05) is 44.7 Å². The monoisotopic (exact) mass is 586 g/mol. The molecular formula is C33H36F2N6O2. The van der Waals surface area contributed by atoms with Gasteiger partial charge in [-0.1, -0.05) is 31.7 Å². The summed E-state index contributed by atoms with van der Waals surface area (Å²) in [4.78, 5) is 27.4. The zero-order valence-corrected chi connectivity index (χ0v) is 24.7. The van der Waals surface area contributed by atoms with E-state index in [4.69, 9.17) is 4.74 Å². The van der Waals surface area contributed by atoms with E-state index in [2.05, 4.69) is 34.4 Å². The lowest BCUT2D eigenvalue weighted by Gasteiger charge is -2.41. The fourth-order valence-corrected chi connectivity index (χ4v) is 6.91. The van der Waals surface area contributed by atoms with Crippen LogP contribution in [0.4, 0.5) is 14.6 Å². The summed E-state index contributed by atoms with van der Waals surface area (Å²) in [7, 11) is 2.04. The summed E-state index contributed by atoms with van der Waals surface area (Å²) in [5, 5.41) is 9.70. The molecule has 1 amide bonds. The minimum Gasteiger partial charge on any atom is -0.462 e. The third kappa shape index (κ3) is 5.42. The number of ether oxygens (including phenoxy) is 1. The Kier molecular flexibility index (Phi) is 8.01. The molecule has 3 aliphatic rings. The number of nitriles is 1. The number of carbonyl (C=O) groups excluding carboxylic acids is 1. The van der Waals surface area contributed by atoms with Crippen LogP contribution in [0.25, 0.3) is 22.0 Å². The van der Waals surface area contributed by atoms with Crippen molar-refractivity contribution in [2.24, 2.45) is 5.92 Å². The zero-order chi connectivity index (χ0) is 30.2. The van der Waals surface area contributed by atoms with Crippen molar-refractivity contribution in [3.05, 3.63) is 59.7 Å². The van der Waals surface area contributed by atoms with E-state index < -0.39 is 17.7 Å². The summed E-state index contributed by atoms with van der Waals surface area (Å²) in [6, 6.07) is 8.91. The summed E-state index contributed by atoms with van der Waals surface area (Å²) < 4.78 is 38.7. The van der Waals surface area contributed by atoms with E-state index in [1.165, 1.54) is 12.1 Å². The van der Waals surface area contributed by atoms with Crippen LogP contribution >= 0.6 is 0 Å². The molecule has 43 heavy (non-hydrogen) atoms. The molecule has 10 heteroatoms. The number of halogens is 2. The number of likely N-dealkylation sites (tertiary alicyclic amines) is 1. The minimum absolute atomic E-state index is 0.0127. The first-order valence-corrected chi connectivity index (χ1v) is 15.0. The highest BCUT2D eigenvalue weighted by Gasteiger charge is 2.33. The molecule has 2 saturated heterocycles. The molecule has 224 valence electrons. The standard InChI is InChI=1S/C33H36F2N6O2/c1-4-28(42)41-14-13-40(18-22(41)10-11-36)32-26-17-27(34)29(24-9-5-7-21-15-20(2)16-25(21)24)30(35)31(26)37-33(38-32)43-19-23-8-6-12-39(23)3/h4-5,7,9,17,20,22-23H,1,6,8,10,12-16,18-19H2,2-3H3/t20?,22-,23-/m0/s1. The molecule has 2 aromatic carbocycles. The second kappa shape index (κ2) is 11.9. The molecule has 1 aromatic heterocycles. The maximum Gasteiger partial charge on any atom is 0.319 e. The number of benzene rings is 2. The van der Waals surface area contributed by atoms with Crippen LogP contribution in [-0.2, 0) is 17.6 Å². The minimum atomic E-state index is -0.747. The summed E-state index contributed by atoms with van der Waals surface area (Å²) in [5.74, 6) is -0.965. The molecule has 0 bridgehead atoms. The third-order valence-corrected chi connectivity index (χ3v) is 9.15. The smallest absolute Gasteiger partial charge is 0.319 e. The molecule has 3 heterocycles. The quantitative estimate of drug-likeness (QED) is 0.364. The fraction of sp³-hybridized carbons (Fsp3) is 0.455. The van der Waals surface area contributed by atoms with E-state index in [9.17, 15) is 10.1 Å². The van der Waals surface area contributed by atoms with E-state index in [1.807, 2.05) is 24.1 Å². The van der Waals surface area contributed by atoms with Crippen molar-refractivity contribution in [3.8, 4) is 23.2 Å². The molecule has 0 saturated carbocycles. The summed E-state index contributed by atoms with van der Waals surface area (Å²) >= 11 is 0. The van der Waals surface area contributed by atoms with Gasteiger partial charge in [0.25, 0.3) is 0 Å². The fourth-order valence-electron chi connectivity index (χ4n) is 6.91. The van der Waals surface area contributed by atoms with Crippen LogP contribution < -0.4 is 9.64 Å². The van der Waals surface area contributed by atoms with Crippen LogP contribution in [0.5, 0.6) is 6.01 Å². The van der Waals surface area contributed by atoms with Gasteiger partial charge in [-0.15, -0.1) is 0 Å². The van der Waals surface area contributed by atoms with Crippen molar-refractivity contribution < 1.29 is 18.3 Å². The van der Waals surface area contributed by atoms with Gasteiger partial charge in [-0.2, -0.15) is 15.2 Å². The van der Waals surface area contributed by atoms with Gasteiger partial charge in [0.15, 0.2) is 5.82 Å². The molecule has 3 atom stereocenters. The number of fused-ring (bicyclic) bond motifs is 2. The molecule has 3 aromatic rings. The van der Waals surface area contributed by atoms with Crippen molar-refractivity contribution in [3.63, 3.8) is 0 Å². The normalized spacial score (nSPS) is 22.1. The number of rotatable bonds is 7. The Balaban J connectivity index is 1.46. The lowest BCUT2D eigenvalue weighted by atomic mass is 9.94. The topological polar surface area (TPSA) is 85.6 Å². The highest BCUT2D eigenvalue weighted by atomic mass is 19.1. The van der Waals surface area contributed by atoms with Crippen LogP contribution in [-0.4, -0.2) is 77.6 Å². The molecule has 0 spiro atoms. The molecule has 0 N–H and O–H groups in total. The summed E-state index contributed by atoms with van der Waals surface area (Å²) in [6.07, 6.45) is 5.02. The molecule has 2 fully saturated rings. The molecule has 2 aliphatic heterocycles. The average molecular weight is 587 g/mol. The zero-order valence-electron chi connectivity index (χ0n) is 24.7. The van der Waals surface area contributed by atoms with Crippen LogP contribution in [0, 0.1) is 28.9 Å². The maximum absolute atomic E-state index is 16.6. The van der Waals surface area contributed by atoms with E-state index in [-0.39, 0.29) is 47.4 Å². The van der Waals surface area contributed by atoms with Crippen molar-refractivity contribution in [1.29, 1.82) is 5.26 Å². The van der Waals surface area contributed by atoms with Gasteiger partial charge in [0.1, 0.15) is 23.8 Å². The van der Waals surface area contributed by atoms with Gasteiger partial charge in [0.2, 0.25) is 5.91 Å². The first-order chi connectivity index (χ1) is 20.8. The SMILES string of the molecule is C=CC(=O)N1CCN(c2nc(OC[C@@H]3CCCN3C)nc3c(F)c(-c4cccc5c4CC(C)C5)c(F)cc23)C[C@@H]1CC#N. The van der Waals surface area contributed by atoms with Gasteiger partial charge in [0, 0.05) is 31.1 Å². The average Bonchev–Trinajstić information content (AvgIpc) is 3.60. The Bertz CT molecular complexity index is 1620. The lowest BCUT2D eigenvalue weighted by molar-refractivity contribution is -0.128. The second-order valence-electron chi connectivity index (χ2n) is 12.0. The van der Waals surface area contributed by atoms with E-state index in [0.717, 1.165) is 43.4 Å². The van der Waals surface area contributed by atoms with Crippen LogP contribution in [0.15, 0.2) is 36.9 Å². The Morgan fingerprint density at radius 3 is 2.79 bits per heavy atom. The van der Waals surface area contributed by atoms with Crippen LogP contribution in [0.1, 0.15) is 37.3 Å². The first-order valence-electron chi connectivity index (χ1n) is 15.0. The summed E-state index contributed by atoms with van der Waals surface area (Å²) in [5.41, 5.74) is 2.55. The van der Waals surface area contributed by atoms with Gasteiger partial charge in [-0.25, -0.2) is 8.78 Å². The maximum atomic E-state index is 16.6. The number of anilines is 1. The number of piperazine rings is 1. The number of hydrogen-bond donors (Lipinski definition) is 0. The predicted molar refractivity (Wildman–Crippen MR) is 161 cm³/mol. The molecule has 1 aliphatic carbocycles. The molecular weight excluding hydrogens is 550 g/mol. The van der Waals surface area contributed by atoms with Crippen LogP contribution in [0.2, 0.25) is 0 Å². The van der Waals surface area contributed by atoms with Gasteiger partial charge in [-0.3, -0.25) is 4.79 Å². The van der Waals surface area contributed by atoms with Crippen molar-refractivity contribution in [2.45, 2.75) is 51.1 Å². The Morgan fingerprint density at radius 2 is 2.05 bits per heavy atom. The predicted octanol–water partition coefficient (Wildman–Crippen LogP) is 4.90. The first kappa shape index (κ1) is 29.0. The van der Waals surface area contributed by atoms with E-state index >= 15 is 8.78 Å². The van der Waals surface area contributed by atoms with E-state index in [1.54, 1.807) is 11.0 Å². The lowest BCUT2D eigenvalue weighted by Crippen LogP contribution is -2.55. The number of hydrogen-bond acceptors (Lipinski definition) is 7. The van der Waals surface area contributed by atoms with Gasteiger partial charge < -0.3 is 19.4 Å².